The fourth-order valence-corrected chi connectivity index (χ4v) is 4.16. The number of nitrogens with zero attached hydrogens (tertiary/aromatic N) is 6. The average Bonchev–Trinajstić information content (AvgIpc) is 3.22. The molecule has 0 radical (unpaired) electrons. The van der Waals surface area contributed by atoms with Gasteiger partial charge in [-0.3, -0.25) is 9.78 Å². The summed E-state index contributed by atoms with van der Waals surface area (Å²) in [7, 11) is 3.64. The molecule has 0 N–H and O–H groups in total. The molecular formula is C18H22N6OS. The van der Waals surface area contributed by atoms with Crippen LogP contribution in [0.2, 0.25) is 0 Å². The van der Waals surface area contributed by atoms with Crippen LogP contribution in [0.15, 0.2) is 30.7 Å². The highest BCUT2D eigenvalue weighted by molar-refractivity contribution is 7.20. The Balaban J connectivity index is 1.42. The van der Waals surface area contributed by atoms with Crippen LogP contribution in [0.3, 0.4) is 0 Å². The normalized spacial score (nSPS) is 15.5. The second kappa shape index (κ2) is 7.03. The molecule has 1 amide bonds. The minimum absolute atomic E-state index is 0.221. The van der Waals surface area contributed by atoms with Crippen molar-refractivity contribution in [2.24, 2.45) is 5.92 Å². The zero-order valence-corrected chi connectivity index (χ0v) is 15.8. The molecule has 26 heavy (non-hydrogen) atoms. The number of carbonyl (C=O) groups excluding carboxylic acids is 1. The summed E-state index contributed by atoms with van der Waals surface area (Å²) in [4.78, 5) is 25.6. The lowest BCUT2D eigenvalue weighted by Gasteiger charge is -2.31. The van der Waals surface area contributed by atoms with Crippen molar-refractivity contribution >= 4 is 27.3 Å². The quantitative estimate of drug-likeness (QED) is 0.706. The summed E-state index contributed by atoms with van der Waals surface area (Å²) in [5, 5.41) is 5.70. The number of aromatic nitrogens is 4. The number of fused-ring (bicyclic) bond motifs is 1. The monoisotopic (exact) mass is 370 g/mol. The zero-order chi connectivity index (χ0) is 18.1. The van der Waals surface area contributed by atoms with Crippen molar-refractivity contribution < 1.29 is 4.79 Å². The van der Waals surface area contributed by atoms with Gasteiger partial charge in [-0.2, -0.15) is 0 Å². The molecule has 8 heteroatoms. The molecule has 1 saturated heterocycles. The van der Waals surface area contributed by atoms with E-state index in [1.807, 2.05) is 43.1 Å². The van der Waals surface area contributed by atoms with Gasteiger partial charge in [-0.05, 0) is 30.9 Å². The number of piperidine rings is 1. The van der Waals surface area contributed by atoms with Crippen molar-refractivity contribution in [2.75, 3.05) is 32.1 Å². The van der Waals surface area contributed by atoms with Gasteiger partial charge in [0.2, 0.25) is 16.0 Å². The Morgan fingerprint density at radius 3 is 2.81 bits per heavy atom. The van der Waals surface area contributed by atoms with Gasteiger partial charge in [0.05, 0.1) is 11.9 Å². The lowest BCUT2D eigenvalue weighted by Crippen LogP contribution is -2.35. The molecule has 0 spiro atoms. The molecule has 7 nitrogen and oxygen atoms in total. The summed E-state index contributed by atoms with van der Waals surface area (Å²) in [6.07, 6.45) is 8.23. The standard InChI is InChI=1S/C18H22N6OS/c1-22(2)16(25)10-13-5-8-23(9-6-13)18-21-24-12-15(20-17(24)26-18)14-4-3-7-19-11-14/h3-4,7,11-13H,5-6,8-10H2,1-2H3. The van der Waals surface area contributed by atoms with E-state index in [4.69, 9.17) is 5.10 Å². The number of amides is 1. The van der Waals surface area contributed by atoms with Crippen LogP contribution in [0.1, 0.15) is 19.3 Å². The van der Waals surface area contributed by atoms with Gasteiger partial charge in [-0.1, -0.05) is 11.3 Å². The van der Waals surface area contributed by atoms with Gasteiger partial charge >= 0.3 is 0 Å². The van der Waals surface area contributed by atoms with Crippen LogP contribution in [0.25, 0.3) is 16.2 Å². The molecule has 3 aromatic heterocycles. The number of anilines is 1. The maximum Gasteiger partial charge on any atom is 0.222 e. The summed E-state index contributed by atoms with van der Waals surface area (Å²) < 4.78 is 1.85. The Morgan fingerprint density at radius 2 is 2.15 bits per heavy atom. The predicted octanol–water partition coefficient (Wildman–Crippen LogP) is 2.55. The van der Waals surface area contributed by atoms with Crippen molar-refractivity contribution in [3.05, 3.63) is 30.7 Å². The first-order valence-electron chi connectivity index (χ1n) is 8.82. The van der Waals surface area contributed by atoms with Crippen molar-refractivity contribution in [2.45, 2.75) is 19.3 Å². The number of rotatable bonds is 4. The van der Waals surface area contributed by atoms with E-state index in [2.05, 4.69) is 14.9 Å². The van der Waals surface area contributed by atoms with Gasteiger partial charge in [-0.15, -0.1) is 5.10 Å². The molecular weight excluding hydrogens is 348 g/mol. The zero-order valence-electron chi connectivity index (χ0n) is 15.0. The number of pyridine rings is 1. The van der Waals surface area contributed by atoms with Crippen molar-refractivity contribution in [3.63, 3.8) is 0 Å². The Morgan fingerprint density at radius 1 is 1.35 bits per heavy atom. The Kier molecular flexibility index (Phi) is 4.58. The van der Waals surface area contributed by atoms with E-state index in [0.29, 0.717) is 12.3 Å². The molecule has 136 valence electrons. The van der Waals surface area contributed by atoms with Crippen molar-refractivity contribution in [1.29, 1.82) is 0 Å². The molecule has 0 bridgehead atoms. The molecule has 4 rings (SSSR count). The molecule has 0 aliphatic carbocycles. The molecule has 0 unspecified atom stereocenters. The van der Waals surface area contributed by atoms with E-state index in [0.717, 1.165) is 47.3 Å². The van der Waals surface area contributed by atoms with Crippen LogP contribution in [0.4, 0.5) is 5.13 Å². The van der Waals surface area contributed by atoms with Gasteiger partial charge in [-0.25, -0.2) is 9.50 Å². The van der Waals surface area contributed by atoms with E-state index < -0.39 is 0 Å². The third-order valence-electron chi connectivity index (χ3n) is 4.84. The average molecular weight is 370 g/mol. The van der Waals surface area contributed by atoms with Crippen LogP contribution in [0, 0.1) is 5.92 Å². The van der Waals surface area contributed by atoms with Gasteiger partial charge in [0, 0.05) is 51.6 Å². The molecule has 1 aliphatic heterocycles. The van der Waals surface area contributed by atoms with E-state index in [1.54, 1.807) is 22.4 Å². The minimum atomic E-state index is 0.221. The van der Waals surface area contributed by atoms with Gasteiger partial charge in [0.1, 0.15) is 0 Å². The third kappa shape index (κ3) is 3.41. The first-order chi connectivity index (χ1) is 12.6. The van der Waals surface area contributed by atoms with Gasteiger partial charge in [0.25, 0.3) is 0 Å². The summed E-state index contributed by atoms with van der Waals surface area (Å²) in [6.45, 7) is 1.88. The molecule has 0 aromatic carbocycles. The Hall–Kier alpha value is -2.48. The summed E-state index contributed by atoms with van der Waals surface area (Å²) in [5.41, 5.74) is 1.89. The number of hydrogen-bond acceptors (Lipinski definition) is 6. The smallest absolute Gasteiger partial charge is 0.222 e. The number of hydrogen-bond donors (Lipinski definition) is 0. The van der Waals surface area contributed by atoms with E-state index in [-0.39, 0.29) is 5.91 Å². The maximum atomic E-state index is 11.9. The summed E-state index contributed by atoms with van der Waals surface area (Å²) in [6, 6.07) is 3.91. The maximum absolute atomic E-state index is 11.9. The summed E-state index contributed by atoms with van der Waals surface area (Å²) >= 11 is 1.61. The molecule has 0 atom stereocenters. The predicted molar refractivity (Wildman–Crippen MR) is 102 cm³/mol. The van der Waals surface area contributed by atoms with Crippen LogP contribution in [0.5, 0.6) is 0 Å². The lowest BCUT2D eigenvalue weighted by molar-refractivity contribution is -0.129. The van der Waals surface area contributed by atoms with E-state index in [1.165, 1.54) is 0 Å². The SMILES string of the molecule is CN(C)C(=O)CC1CCN(c2nn3cc(-c4cccnc4)nc3s2)CC1. The second-order valence-corrected chi connectivity index (χ2v) is 7.84. The fourth-order valence-electron chi connectivity index (χ4n) is 3.23. The van der Waals surface area contributed by atoms with Gasteiger partial charge < -0.3 is 9.80 Å². The highest BCUT2D eigenvalue weighted by atomic mass is 32.1. The Bertz CT molecular complexity index is 863. The first-order valence-corrected chi connectivity index (χ1v) is 9.63. The van der Waals surface area contributed by atoms with Gasteiger partial charge in [0.15, 0.2) is 0 Å². The highest BCUT2D eigenvalue weighted by Gasteiger charge is 2.24. The highest BCUT2D eigenvalue weighted by Crippen LogP contribution is 2.30. The first kappa shape index (κ1) is 17.0. The second-order valence-electron chi connectivity index (χ2n) is 6.90. The van der Waals surface area contributed by atoms with Crippen molar-refractivity contribution in [3.8, 4) is 11.3 Å². The lowest BCUT2D eigenvalue weighted by atomic mass is 9.93. The van der Waals surface area contributed by atoms with Crippen LogP contribution < -0.4 is 4.90 Å². The van der Waals surface area contributed by atoms with Crippen LogP contribution in [-0.4, -0.2) is 57.6 Å². The van der Waals surface area contributed by atoms with E-state index in [9.17, 15) is 4.79 Å². The molecule has 0 saturated carbocycles. The van der Waals surface area contributed by atoms with E-state index >= 15 is 0 Å². The molecule has 3 aromatic rings. The molecule has 4 heterocycles. The Labute approximate surface area is 156 Å². The molecule has 1 fully saturated rings. The topological polar surface area (TPSA) is 66.6 Å². The molecule has 1 aliphatic rings. The van der Waals surface area contributed by atoms with Crippen LogP contribution >= 0.6 is 11.3 Å². The summed E-state index contributed by atoms with van der Waals surface area (Å²) in [5.74, 6) is 0.696. The number of carbonyl (C=O) groups is 1. The van der Waals surface area contributed by atoms with Crippen molar-refractivity contribution in [1.82, 2.24) is 24.5 Å². The largest absolute Gasteiger partial charge is 0.349 e. The third-order valence-corrected chi connectivity index (χ3v) is 5.82. The van der Waals surface area contributed by atoms with Crippen LogP contribution in [-0.2, 0) is 4.79 Å². The minimum Gasteiger partial charge on any atom is -0.349 e. The fraction of sp³-hybridized carbons (Fsp3) is 0.444. The number of imidazole rings is 1.